The molecular formula is C17H24N2. The predicted octanol–water partition coefficient (Wildman–Crippen LogP) is 3.94. The maximum atomic E-state index is 3.64. The van der Waals surface area contributed by atoms with E-state index in [1.807, 2.05) is 0 Å². The molecule has 2 nitrogen and oxygen atoms in total. The topological polar surface area (TPSA) is 17.0 Å². The monoisotopic (exact) mass is 256 g/mol. The van der Waals surface area contributed by atoms with E-state index in [9.17, 15) is 0 Å². The summed E-state index contributed by atoms with van der Waals surface area (Å²) in [5.74, 6) is 0.736. The van der Waals surface area contributed by atoms with Gasteiger partial charge in [-0.3, -0.25) is 0 Å². The van der Waals surface area contributed by atoms with Gasteiger partial charge in [0, 0.05) is 25.3 Å². The number of para-hydroxylation sites is 1. The quantitative estimate of drug-likeness (QED) is 0.828. The van der Waals surface area contributed by atoms with Crippen molar-refractivity contribution in [3.05, 3.63) is 36.0 Å². The fourth-order valence-corrected chi connectivity index (χ4v) is 2.64. The second-order valence-electron chi connectivity index (χ2n) is 5.99. The molecule has 1 N–H and O–H groups in total. The van der Waals surface area contributed by atoms with Gasteiger partial charge in [0.1, 0.15) is 0 Å². The summed E-state index contributed by atoms with van der Waals surface area (Å²) in [6.07, 6.45) is 6.19. The van der Waals surface area contributed by atoms with Crippen LogP contribution in [0.5, 0.6) is 0 Å². The summed E-state index contributed by atoms with van der Waals surface area (Å²) < 4.78 is 2.44. The van der Waals surface area contributed by atoms with Crippen molar-refractivity contribution in [2.45, 2.75) is 52.2 Å². The molecule has 102 valence electrons. The van der Waals surface area contributed by atoms with Crippen molar-refractivity contribution >= 4 is 10.9 Å². The van der Waals surface area contributed by atoms with Gasteiger partial charge in [-0.05, 0) is 35.8 Å². The zero-order chi connectivity index (χ0) is 13.2. The van der Waals surface area contributed by atoms with Crippen molar-refractivity contribution in [1.29, 1.82) is 0 Å². The summed E-state index contributed by atoms with van der Waals surface area (Å²) in [7, 11) is 0. The van der Waals surface area contributed by atoms with E-state index in [0.29, 0.717) is 0 Å². The number of nitrogens with zero attached hydrogens (tertiary/aromatic N) is 1. The van der Waals surface area contributed by atoms with E-state index >= 15 is 0 Å². The number of benzene rings is 1. The van der Waals surface area contributed by atoms with E-state index < -0.39 is 0 Å². The van der Waals surface area contributed by atoms with Crippen LogP contribution >= 0.6 is 0 Å². The third-order valence-electron chi connectivity index (χ3n) is 4.24. The molecule has 1 aliphatic carbocycles. The standard InChI is InChI=1S/C17H24N2/c1-3-13(2)12-19-10-9-14-5-4-6-15(17(14)19)11-18-16-7-8-16/h4-6,9-10,13,16,18H,3,7-8,11-12H2,1-2H3. The van der Waals surface area contributed by atoms with E-state index in [-0.39, 0.29) is 0 Å². The van der Waals surface area contributed by atoms with E-state index in [2.05, 4.69) is 54.2 Å². The van der Waals surface area contributed by atoms with Crippen molar-refractivity contribution in [2.75, 3.05) is 0 Å². The van der Waals surface area contributed by atoms with Crippen LogP contribution in [-0.2, 0) is 13.1 Å². The van der Waals surface area contributed by atoms with Crippen molar-refractivity contribution in [2.24, 2.45) is 5.92 Å². The van der Waals surface area contributed by atoms with E-state index in [4.69, 9.17) is 0 Å². The third-order valence-corrected chi connectivity index (χ3v) is 4.24. The Bertz CT molecular complexity index is 551. The van der Waals surface area contributed by atoms with Gasteiger partial charge in [-0.25, -0.2) is 0 Å². The molecule has 0 saturated heterocycles. The van der Waals surface area contributed by atoms with Crippen molar-refractivity contribution < 1.29 is 0 Å². The van der Waals surface area contributed by atoms with Gasteiger partial charge < -0.3 is 9.88 Å². The Balaban J connectivity index is 1.88. The first-order valence-corrected chi connectivity index (χ1v) is 7.58. The highest BCUT2D eigenvalue weighted by molar-refractivity contribution is 5.83. The molecule has 0 bridgehead atoms. The Hall–Kier alpha value is -1.28. The lowest BCUT2D eigenvalue weighted by Gasteiger charge is -2.14. The maximum absolute atomic E-state index is 3.64. The molecule has 2 heteroatoms. The molecule has 0 aliphatic heterocycles. The zero-order valence-corrected chi connectivity index (χ0v) is 12.0. The minimum atomic E-state index is 0.736. The van der Waals surface area contributed by atoms with Crippen molar-refractivity contribution in [1.82, 2.24) is 9.88 Å². The minimum absolute atomic E-state index is 0.736. The van der Waals surface area contributed by atoms with Crippen LogP contribution in [0.2, 0.25) is 0 Å². The Labute approximate surface area is 115 Å². The van der Waals surface area contributed by atoms with Crippen molar-refractivity contribution in [3.63, 3.8) is 0 Å². The molecular weight excluding hydrogens is 232 g/mol. The average Bonchev–Trinajstić information content (AvgIpc) is 3.17. The van der Waals surface area contributed by atoms with E-state index in [1.165, 1.54) is 35.7 Å². The molecule has 1 fully saturated rings. The van der Waals surface area contributed by atoms with Gasteiger partial charge in [-0.2, -0.15) is 0 Å². The first-order chi connectivity index (χ1) is 9.28. The molecule has 1 unspecified atom stereocenters. The Morgan fingerprint density at radius 1 is 1.32 bits per heavy atom. The largest absolute Gasteiger partial charge is 0.347 e. The lowest BCUT2D eigenvalue weighted by molar-refractivity contribution is 0.477. The van der Waals surface area contributed by atoms with Gasteiger partial charge >= 0.3 is 0 Å². The molecule has 0 spiro atoms. The van der Waals surface area contributed by atoms with Gasteiger partial charge in [0.25, 0.3) is 0 Å². The van der Waals surface area contributed by atoms with Crippen LogP contribution in [-0.4, -0.2) is 10.6 Å². The number of hydrogen-bond donors (Lipinski definition) is 1. The molecule has 0 amide bonds. The Morgan fingerprint density at radius 3 is 2.89 bits per heavy atom. The third kappa shape index (κ3) is 2.84. The molecule has 1 aromatic heterocycles. The first kappa shape index (κ1) is 12.7. The molecule has 1 saturated carbocycles. The molecule has 1 aliphatic rings. The molecule has 1 aromatic carbocycles. The van der Waals surface area contributed by atoms with Gasteiger partial charge in [0.05, 0.1) is 5.52 Å². The first-order valence-electron chi connectivity index (χ1n) is 7.58. The Kier molecular flexibility index (Phi) is 3.61. The highest BCUT2D eigenvalue weighted by Crippen LogP contribution is 2.24. The fourth-order valence-electron chi connectivity index (χ4n) is 2.64. The van der Waals surface area contributed by atoms with Crippen LogP contribution in [0, 0.1) is 5.92 Å². The summed E-state index contributed by atoms with van der Waals surface area (Å²) in [6, 6.07) is 9.69. The predicted molar refractivity (Wildman–Crippen MR) is 81.3 cm³/mol. The van der Waals surface area contributed by atoms with E-state index in [1.54, 1.807) is 0 Å². The summed E-state index contributed by atoms with van der Waals surface area (Å²) in [6.45, 7) is 6.73. The number of rotatable bonds is 6. The fraction of sp³-hybridized carbons (Fsp3) is 0.529. The summed E-state index contributed by atoms with van der Waals surface area (Å²) >= 11 is 0. The maximum Gasteiger partial charge on any atom is 0.0525 e. The lowest BCUT2D eigenvalue weighted by atomic mass is 10.1. The normalized spacial score (nSPS) is 16.9. The van der Waals surface area contributed by atoms with Gasteiger partial charge in [0.2, 0.25) is 0 Å². The average molecular weight is 256 g/mol. The second kappa shape index (κ2) is 5.38. The van der Waals surface area contributed by atoms with Gasteiger partial charge in [-0.1, -0.05) is 38.5 Å². The van der Waals surface area contributed by atoms with Crippen LogP contribution in [0.1, 0.15) is 38.7 Å². The van der Waals surface area contributed by atoms with Crippen LogP contribution in [0.4, 0.5) is 0 Å². The Morgan fingerprint density at radius 2 is 2.16 bits per heavy atom. The number of aromatic nitrogens is 1. The van der Waals surface area contributed by atoms with Crippen LogP contribution in [0.25, 0.3) is 10.9 Å². The molecule has 2 aromatic rings. The molecule has 1 atom stereocenters. The molecule has 3 rings (SSSR count). The summed E-state index contributed by atoms with van der Waals surface area (Å²) in [5.41, 5.74) is 2.87. The SMILES string of the molecule is CCC(C)Cn1ccc2cccc(CNC3CC3)c21. The highest BCUT2D eigenvalue weighted by Gasteiger charge is 2.20. The smallest absolute Gasteiger partial charge is 0.0525 e. The van der Waals surface area contributed by atoms with Gasteiger partial charge in [-0.15, -0.1) is 0 Å². The van der Waals surface area contributed by atoms with Crippen LogP contribution < -0.4 is 5.32 Å². The second-order valence-corrected chi connectivity index (χ2v) is 5.99. The van der Waals surface area contributed by atoms with Crippen LogP contribution in [0.3, 0.4) is 0 Å². The number of fused-ring (bicyclic) bond motifs is 1. The summed E-state index contributed by atoms with van der Waals surface area (Å²) in [5, 5.41) is 5.01. The lowest BCUT2D eigenvalue weighted by Crippen LogP contribution is -2.16. The zero-order valence-electron chi connectivity index (χ0n) is 12.0. The highest BCUT2D eigenvalue weighted by atomic mass is 15.0. The van der Waals surface area contributed by atoms with Crippen LogP contribution in [0.15, 0.2) is 30.5 Å². The van der Waals surface area contributed by atoms with Gasteiger partial charge in [0.15, 0.2) is 0 Å². The molecule has 1 heterocycles. The molecule has 19 heavy (non-hydrogen) atoms. The number of nitrogens with one attached hydrogen (secondary N) is 1. The number of hydrogen-bond acceptors (Lipinski definition) is 1. The van der Waals surface area contributed by atoms with E-state index in [0.717, 1.165) is 25.0 Å². The molecule has 0 radical (unpaired) electrons. The summed E-state index contributed by atoms with van der Waals surface area (Å²) in [4.78, 5) is 0. The van der Waals surface area contributed by atoms with Crippen molar-refractivity contribution in [3.8, 4) is 0 Å². The minimum Gasteiger partial charge on any atom is -0.347 e.